The van der Waals surface area contributed by atoms with Crippen LogP contribution in [0.4, 0.5) is 5.69 Å². The second-order valence-corrected chi connectivity index (χ2v) is 6.50. The molecule has 140 valence electrons. The molecule has 2 aromatic carbocycles. The van der Waals surface area contributed by atoms with Gasteiger partial charge in [0.2, 0.25) is 0 Å². The van der Waals surface area contributed by atoms with Crippen LogP contribution in [-0.2, 0) is 11.3 Å². The summed E-state index contributed by atoms with van der Waals surface area (Å²) in [5, 5.41) is 3.42. The fraction of sp³-hybridized carbons (Fsp3) is 0.381. The van der Waals surface area contributed by atoms with Crippen LogP contribution in [0.5, 0.6) is 5.75 Å². The number of hydrogen-bond donors (Lipinski definition) is 1. The average Bonchev–Trinajstić information content (AvgIpc) is 2.66. The first-order valence-electron chi connectivity index (χ1n) is 9.10. The fourth-order valence-corrected chi connectivity index (χ4v) is 2.82. The van der Waals surface area contributed by atoms with Crippen molar-refractivity contribution in [2.45, 2.75) is 39.8 Å². The van der Waals surface area contributed by atoms with Crippen molar-refractivity contribution in [1.29, 1.82) is 0 Å². The number of nitrogens with one attached hydrogen (secondary N) is 1. The standard InChI is InChI=1S/C21H27ClN2O2/c1-4-19(26-20-10-8-7-9-18(20)22)21(25)23-17-13-11-16(12-14-17)15-24(5-2)6-3/h7-14,19H,4-6,15H2,1-3H3,(H,23,25)/t19-/m0/s1. The summed E-state index contributed by atoms with van der Waals surface area (Å²) >= 11 is 6.11. The Bertz CT molecular complexity index is 699. The predicted molar refractivity (Wildman–Crippen MR) is 108 cm³/mol. The summed E-state index contributed by atoms with van der Waals surface area (Å²) in [7, 11) is 0. The number of para-hydroxylation sites is 1. The number of benzene rings is 2. The number of nitrogens with zero attached hydrogens (tertiary/aromatic N) is 1. The highest BCUT2D eigenvalue weighted by molar-refractivity contribution is 6.32. The Morgan fingerprint density at radius 3 is 2.31 bits per heavy atom. The van der Waals surface area contributed by atoms with Gasteiger partial charge in [-0.25, -0.2) is 0 Å². The summed E-state index contributed by atoms with van der Waals surface area (Å²) in [6.07, 6.45) is -0.0397. The maximum atomic E-state index is 12.5. The van der Waals surface area contributed by atoms with Crippen LogP contribution in [0.1, 0.15) is 32.8 Å². The Hall–Kier alpha value is -2.04. The molecule has 0 aliphatic heterocycles. The summed E-state index contributed by atoms with van der Waals surface area (Å²) in [4.78, 5) is 14.9. The number of carbonyl (C=O) groups excluding carboxylic acids is 1. The van der Waals surface area contributed by atoms with Crippen LogP contribution >= 0.6 is 11.6 Å². The van der Waals surface area contributed by atoms with Gasteiger partial charge in [-0.2, -0.15) is 0 Å². The minimum atomic E-state index is -0.592. The van der Waals surface area contributed by atoms with Crippen molar-refractivity contribution in [3.8, 4) is 5.75 Å². The third-order valence-corrected chi connectivity index (χ3v) is 4.60. The van der Waals surface area contributed by atoms with E-state index < -0.39 is 6.10 Å². The Labute approximate surface area is 161 Å². The lowest BCUT2D eigenvalue weighted by Crippen LogP contribution is -2.32. The Morgan fingerprint density at radius 1 is 1.08 bits per heavy atom. The maximum absolute atomic E-state index is 12.5. The number of hydrogen-bond acceptors (Lipinski definition) is 3. The van der Waals surface area contributed by atoms with Crippen molar-refractivity contribution in [1.82, 2.24) is 4.90 Å². The molecule has 5 heteroatoms. The molecule has 2 rings (SSSR count). The number of rotatable bonds is 9. The van der Waals surface area contributed by atoms with E-state index >= 15 is 0 Å². The summed E-state index contributed by atoms with van der Waals surface area (Å²) in [6.45, 7) is 9.17. The van der Waals surface area contributed by atoms with Crippen molar-refractivity contribution in [2.75, 3.05) is 18.4 Å². The highest BCUT2D eigenvalue weighted by Gasteiger charge is 2.19. The Balaban J connectivity index is 1.98. The molecule has 1 atom stereocenters. The summed E-state index contributed by atoms with van der Waals surface area (Å²) in [5.74, 6) is 0.342. The fourth-order valence-electron chi connectivity index (χ4n) is 2.64. The smallest absolute Gasteiger partial charge is 0.265 e. The van der Waals surface area contributed by atoms with Crippen LogP contribution in [-0.4, -0.2) is 30.0 Å². The number of anilines is 1. The third kappa shape index (κ3) is 5.75. The van der Waals surface area contributed by atoms with Crippen LogP contribution in [0, 0.1) is 0 Å². The molecule has 0 aliphatic carbocycles. The van der Waals surface area contributed by atoms with Crippen molar-refractivity contribution in [3.63, 3.8) is 0 Å². The number of ether oxygens (including phenoxy) is 1. The molecule has 0 spiro atoms. The van der Waals surface area contributed by atoms with Gasteiger partial charge in [-0.3, -0.25) is 9.69 Å². The molecular weight excluding hydrogens is 348 g/mol. The van der Waals surface area contributed by atoms with Crippen LogP contribution in [0.25, 0.3) is 0 Å². The lowest BCUT2D eigenvalue weighted by Gasteiger charge is -2.19. The molecule has 1 amide bonds. The van der Waals surface area contributed by atoms with Crippen molar-refractivity contribution in [2.24, 2.45) is 0 Å². The predicted octanol–water partition coefficient (Wildman–Crippen LogP) is 4.98. The summed E-state index contributed by atoms with van der Waals surface area (Å²) in [6, 6.07) is 15.1. The first kappa shape index (κ1) is 20.3. The van der Waals surface area contributed by atoms with Crippen molar-refractivity contribution in [3.05, 3.63) is 59.1 Å². The Morgan fingerprint density at radius 2 is 1.73 bits per heavy atom. The molecule has 26 heavy (non-hydrogen) atoms. The SMILES string of the molecule is CC[C@H](Oc1ccccc1Cl)C(=O)Nc1ccc(CN(CC)CC)cc1. The van der Waals surface area contributed by atoms with E-state index in [2.05, 4.69) is 24.1 Å². The minimum Gasteiger partial charge on any atom is -0.479 e. The normalized spacial score (nSPS) is 12.0. The lowest BCUT2D eigenvalue weighted by molar-refractivity contribution is -0.122. The molecule has 0 unspecified atom stereocenters. The van der Waals surface area contributed by atoms with Gasteiger partial charge in [0.25, 0.3) is 5.91 Å². The van der Waals surface area contributed by atoms with E-state index in [0.29, 0.717) is 17.2 Å². The van der Waals surface area contributed by atoms with Crippen molar-refractivity contribution < 1.29 is 9.53 Å². The van der Waals surface area contributed by atoms with Gasteiger partial charge in [0.05, 0.1) is 5.02 Å². The molecule has 4 nitrogen and oxygen atoms in total. The first-order chi connectivity index (χ1) is 12.6. The number of carbonyl (C=O) groups is 1. The van der Waals surface area contributed by atoms with Gasteiger partial charge in [-0.15, -0.1) is 0 Å². The molecule has 0 aliphatic rings. The zero-order valence-electron chi connectivity index (χ0n) is 15.7. The minimum absolute atomic E-state index is 0.177. The van der Waals surface area contributed by atoms with Gasteiger partial charge < -0.3 is 10.1 Å². The first-order valence-corrected chi connectivity index (χ1v) is 9.48. The largest absolute Gasteiger partial charge is 0.479 e. The molecule has 0 radical (unpaired) electrons. The number of amides is 1. The molecular formula is C21H27ClN2O2. The van der Waals surface area contributed by atoms with E-state index in [1.807, 2.05) is 43.3 Å². The second kappa shape index (κ2) is 10.2. The molecule has 2 aromatic rings. The molecule has 0 saturated carbocycles. The van der Waals surface area contributed by atoms with E-state index in [1.165, 1.54) is 5.56 Å². The van der Waals surface area contributed by atoms with Crippen LogP contribution < -0.4 is 10.1 Å². The lowest BCUT2D eigenvalue weighted by atomic mass is 10.2. The van der Waals surface area contributed by atoms with Gasteiger partial charge >= 0.3 is 0 Å². The van der Waals surface area contributed by atoms with E-state index in [4.69, 9.17) is 16.3 Å². The van der Waals surface area contributed by atoms with Crippen LogP contribution in [0.15, 0.2) is 48.5 Å². The van der Waals surface area contributed by atoms with E-state index in [0.717, 1.165) is 25.3 Å². The maximum Gasteiger partial charge on any atom is 0.265 e. The van der Waals surface area contributed by atoms with Gasteiger partial charge in [0, 0.05) is 12.2 Å². The molecule has 0 saturated heterocycles. The van der Waals surface area contributed by atoms with Gasteiger partial charge in [-0.1, -0.05) is 56.6 Å². The van der Waals surface area contributed by atoms with Crippen LogP contribution in [0.2, 0.25) is 5.02 Å². The molecule has 0 bridgehead atoms. The topological polar surface area (TPSA) is 41.6 Å². The average molecular weight is 375 g/mol. The zero-order valence-corrected chi connectivity index (χ0v) is 16.4. The third-order valence-electron chi connectivity index (χ3n) is 4.29. The highest BCUT2D eigenvalue weighted by Crippen LogP contribution is 2.25. The monoisotopic (exact) mass is 374 g/mol. The van der Waals surface area contributed by atoms with E-state index in [1.54, 1.807) is 12.1 Å². The van der Waals surface area contributed by atoms with Crippen LogP contribution in [0.3, 0.4) is 0 Å². The quantitative estimate of drug-likeness (QED) is 0.673. The highest BCUT2D eigenvalue weighted by atomic mass is 35.5. The second-order valence-electron chi connectivity index (χ2n) is 6.09. The van der Waals surface area contributed by atoms with Gasteiger partial charge in [0.15, 0.2) is 6.10 Å². The van der Waals surface area contributed by atoms with Gasteiger partial charge in [-0.05, 0) is 49.3 Å². The van der Waals surface area contributed by atoms with Gasteiger partial charge in [0.1, 0.15) is 5.75 Å². The number of halogens is 1. The van der Waals surface area contributed by atoms with Crippen molar-refractivity contribution >= 4 is 23.2 Å². The Kier molecular flexibility index (Phi) is 7.95. The summed E-state index contributed by atoms with van der Waals surface area (Å²) < 4.78 is 5.78. The molecule has 1 N–H and O–H groups in total. The summed E-state index contributed by atoms with van der Waals surface area (Å²) in [5.41, 5.74) is 1.99. The molecule has 0 aromatic heterocycles. The molecule has 0 heterocycles. The van der Waals surface area contributed by atoms with E-state index in [9.17, 15) is 4.79 Å². The van der Waals surface area contributed by atoms with E-state index in [-0.39, 0.29) is 5.91 Å². The zero-order chi connectivity index (χ0) is 18.9. The molecule has 0 fully saturated rings.